The average Bonchev–Trinajstić information content (AvgIpc) is 2.91. The van der Waals surface area contributed by atoms with Crippen molar-refractivity contribution < 1.29 is 14.7 Å². The Kier molecular flexibility index (Phi) is 4.94. The van der Waals surface area contributed by atoms with Gasteiger partial charge in [-0.25, -0.2) is 9.78 Å². The second kappa shape index (κ2) is 6.70. The van der Waals surface area contributed by atoms with E-state index in [1.165, 1.54) is 12.1 Å². The summed E-state index contributed by atoms with van der Waals surface area (Å²) in [4.78, 5) is 29.8. The van der Waals surface area contributed by atoms with Gasteiger partial charge in [0.25, 0.3) is 5.91 Å². The van der Waals surface area contributed by atoms with Gasteiger partial charge in [-0.15, -0.1) is 0 Å². The van der Waals surface area contributed by atoms with Crippen LogP contribution in [-0.4, -0.2) is 39.5 Å². The zero-order chi connectivity index (χ0) is 15.4. The fourth-order valence-electron chi connectivity index (χ4n) is 2.89. The molecule has 1 aliphatic heterocycles. The fraction of sp³-hybridized carbons (Fsp3) is 0.562. The number of carboxylic acid groups (broad SMARTS) is 1. The van der Waals surface area contributed by atoms with Crippen LogP contribution in [-0.2, 0) is 0 Å². The van der Waals surface area contributed by atoms with E-state index in [0.717, 1.165) is 38.6 Å². The molecule has 0 radical (unpaired) electrons. The van der Waals surface area contributed by atoms with Gasteiger partial charge in [-0.1, -0.05) is 19.8 Å². The van der Waals surface area contributed by atoms with Gasteiger partial charge in [0, 0.05) is 18.3 Å². The third kappa shape index (κ3) is 3.60. The molecule has 1 amide bonds. The lowest BCUT2D eigenvalue weighted by atomic mass is 10.1. The lowest BCUT2D eigenvalue weighted by Crippen LogP contribution is -2.36. The highest BCUT2D eigenvalue weighted by Gasteiger charge is 2.30. The fourth-order valence-corrected chi connectivity index (χ4v) is 2.89. The summed E-state index contributed by atoms with van der Waals surface area (Å²) >= 11 is 0. The SMILES string of the molecule is CCCC[C@H]1CCCN1C(=O)c1cc(C(=O)O)cc(C)n1. The molecule has 1 atom stereocenters. The van der Waals surface area contributed by atoms with E-state index < -0.39 is 5.97 Å². The lowest BCUT2D eigenvalue weighted by molar-refractivity contribution is 0.0696. The van der Waals surface area contributed by atoms with Crippen molar-refractivity contribution >= 4 is 11.9 Å². The van der Waals surface area contributed by atoms with E-state index >= 15 is 0 Å². The van der Waals surface area contributed by atoms with Crippen molar-refractivity contribution in [2.75, 3.05) is 6.54 Å². The molecule has 1 N–H and O–H groups in total. The molecule has 1 fully saturated rings. The number of carbonyl (C=O) groups is 2. The molecule has 5 nitrogen and oxygen atoms in total. The van der Waals surface area contributed by atoms with Gasteiger partial charge in [-0.05, 0) is 38.3 Å². The summed E-state index contributed by atoms with van der Waals surface area (Å²) in [5.74, 6) is -1.17. The lowest BCUT2D eigenvalue weighted by Gasteiger charge is -2.24. The van der Waals surface area contributed by atoms with E-state index in [1.54, 1.807) is 6.92 Å². The normalized spacial score (nSPS) is 18.0. The Morgan fingerprint density at radius 3 is 2.86 bits per heavy atom. The number of carbonyl (C=O) groups excluding carboxylic acids is 1. The Morgan fingerprint density at radius 2 is 2.19 bits per heavy atom. The maximum absolute atomic E-state index is 12.6. The van der Waals surface area contributed by atoms with Gasteiger partial charge in [-0.2, -0.15) is 0 Å². The maximum Gasteiger partial charge on any atom is 0.335 e. The second-order valence-corrected chi connectivity index (χ2v) is 5.62. The third-order valence-electron chi connectivity index (χ3n) is 3.95. The number of aryl methyl sites for hydroxylation is 1. The van der Waals surface area contributed by atoms with Gasteiger partial charge in [0.05, 0.1) is 5.56 Å². The summed E-state index contributed by atoms with van der Waals surface area (Å²) in [7, 11) is 0. The molecule has 0 aliphatic carbocycles. The Bertz CT molecular complexity index is 542. The molecule has 0 bridgehead atoms. The summed E-state index contributed by atoms with van der Waals surface area (Å²) in [6, 6.07) is 3.14. The van der Waals surface area contributed by atoms with E-state index in [0.29, 0.717) is 5.69 Å². The van der Waals surface area contributed by atoms with E-state index in [-0.39, 0.29) is 23.2 Å². The molecule has 114 valence electrons. The Balaban J connectivity index is 2.21. The van der Waals surface area contributed by atoms with E-state index in [9.17, 15) is 9.59 Å². The van der Waals surface area contributed by atoms with Gasteiger partial charge in [0.15, 0.2) is 0 Å². The summed E-state index contributed by atoms with van der Waals surface area (Å²) in [6.07, 6.45) is 5.28. The van der Waals surface area contributed by atoms with Crippen molar-refractivity contribution in [1.82, 2.24) is 9.88 Å². The van der Waals surface area contributed by atoms with Crippen molar-refractivity contribution in [3.05, 3.63) is 29.1 Å². The molecule has 0 unspecified atom stereocenters. The smallest absolute Gasteiger partial charge is 0.335 e. The van der Waals surface area contributed by atoms with Crippen LogP contribution in [0.4, 0.5) is 0 Å². The monoisotopic (exact) mass is 290 g/mol. The van der Waals surface area contributed by atoms with Crippen LogP contribution in [0.2, 0.25) is 0 Å². The first-order valence-electron chi connectivity index (χ1n) is 7.56. The molecule has 5 heteroatoms. The molecule has 1 aromatic heterocycles. The zero-order valence-corrected chi connectivity index (χ0v) is 12.6. The Hall–Kier alpha value is -1.91. The van der Waals surface area contributed by atoms with Crippen molar-refractivity contribution in [1.29, 1.82) is 0 Å². The van der Waals surface area contributed by atoms with Gasteiger partial charge in [-0.3, -0.25) is 4.79 Å². The van der Waals surface area contributed by atoms with Crippen LogP contribution in [0.3, 0.4) is 0 Å². The minimum absolute atomic E-state index is 0.121. The molecule has 1 aliphatic rings. The number of pyridine rings is 1. The maximum atomic E-state index is 12.6. The minimum Gasteiger partial charge on any atom is -0.478 e. The second-order valence-electron chi connectivity index (χ2n) is 5.62. The van der Waals surface area contributed by atoms with Crippen molar-refractivity contribution in [2.45, 2.75) is 52.0 Å². The predicted molar refractivity (Wildman–Crippen MR) is 79.5 cm³/mol. The van der Waals surface area contributed by atoms with Crippen molar-refractivity contribution in [2.24, 2.45) is 0 Å². The predicted octanol–water partition coefficient (Wildman–Crippen LogP) is 2.88. The molecule has 1 aromatic rings. The molecule has 0 aromatic carbocycles. The third-order valence-corrected chi connectivity index (χ3v) is 3.95. The highest BCUT2D eigenvalue weighted by molar-refractivity contribution is 5.96. The highest BCUT2D eigenvalue weighted by atomic mass is 16.4. The van der Waals surface area contributed by atoms with Gasteiger partial charge < -0.3 is 10.0 Å². The van der Waals surface area contributed by atoms with Crippen molar-refractivity contribution in [3.63, 3.8) is 0 Å². The van der Waals surface area contributed by atoms with Gasteiger partial charge in [0.2, 0.25) is 0 Å². The summed E-state index contributed by atoms with van der Waals surface area (Å²) in [6.45, 7) is 4.59. The van der Waals surface area contributed by atoms with Gasteiger partial charge in [0.1, 0.15) is 5.69 Å². The first-order chi connectivity index (χ1) is 10.0. The number of unbranched alkanes of at least 4 members (excludes halogenated alkanes) is 1. The molecule has 21 heavy (non-hydrogen) atoms. The number of hydrogen-bond acceptors (Lipinski definition) is 3. The number of hydrogen-bond donors (Lipinski definition) is 1. The summed E-state index contributed by atoms with van der Waals surface area (Å²) in [5, 5.41) is 9.10. The number of rotatable bonds is 5. The molecule has 2 heterocycles. The number of aromatic carboxylic acids is 1. The van der Waals surface area contributed by atoms with Gasteiger partial charge >= 0.3 is 5.97 Å². The van der Waals surface area contributed by atoms with E-state index in [4.69, 9.17) is 5.11 Å². The number of likely N-dealkylation sites (tertiary alicyclic amines) is 1. The number of carboxylic acids is 1. The average molecular weight is 290 g/mol. The van der Waals surface area contributed by atoms with Crippen LogP contribution < -0.4 is 0 Å². The minimum atomic E-state index is -1.03. The van der Waals surface area contributed by atoms with Crippen LogP contribution in [0.1, 0.15) is 65.6 Å². The molecule has 1 saturated heterocycles. The molecule has 2 rings (SSSR count). The first-order valence-corrected chi connectivity index (χ1v) is 7.56. The molecular formula is C16H22N2O3. The zero-order valence-electron chi connectivity index (χ0n) is 12.6. The first kappa shape index (κ1) is 15.5. The van der Waals surface area contributed by atoms with E-state index in [2.05, 4.69) is 11.9 Å². The highest BCUT2D eigenvalue weighted by Crippen LogP contribution is 2.24. The number of nitrogens with zero attached hydrogens (tertiary/aromatic N) is 2. The van der Waals surface area contributed by atoms with E-state index in [1.807, 2.05) is 4.90 Å². The number of aromatic nitrogens is 1. The molecular weight excluding hydrogens is 268 g/mol. The number of amides is 1. The van der Waals surface area contributed by atoms with Crippen LogP contribution in [0.25, 0.3) is 0 Å². The summed E-state index contributed by atoms with van der Waals surface area (Å²) in [5.41, 5.74) is 0.925. The molecule has 0 saturated carbocycles. The topological polar surface area (TPSA) is 70.5 Å². The summed E-state index contributed by atoms with van der Waals surface area (Å²) < 4.78 is 0. The Labute approximate surface area is 125 Å². The van der Waals surface area contributed by atoms with Crippen molar-refractivity contribution in [3.8, 4) is 0 Å². The van der Waals surface area contributed by atoms with Crippen LogP contribution in [0.15, 0.2) is 12.1 Å². The Morgan fingerprint density at radius 1 is 1.43 bits per heavy atom. The largest absolute Gasteiger partial charge is 0.478 e. The van der Waals surface area contributed by atoms with Crippen LogP contribution in [0, 0.1) is 6.92 Å². The van der Waals surface area contributed by atoms with Crippen LogP contribution in [0.5, 0.6) is 0 Å². The van der Waals surface area contributed by atoms with Crippen LogP contribution >= 0.6 is 0 Å². The molecule has 0 spiro atoms. The quantitative estimate of drug-likeness (QED) is 0.905. The standard InChI is InChI=1S/C16H22N2O3/c1-3-4-6-13-7-5-8-18(13)15(19)14-10-12(16(20)21)9-11(2)17-14/h9-10,13H,3-8H2,1-2H3,(H,20,21)/t13-/m0/s1.